The van der Waals surface area contributed by atoms with Crippen molar-refractivity contribution >= 4 is 17.6 Å². The lowest BCUT2D eigenvalue weighted by Crippen LogP contribution is -2.46. The molecule has 27 heavy (non-hydrogen) atoms. The molecule has 6 nitrogen and oxygen atoms in total. The summed E-state index contributed by atoms with van der Waals surface area (Å²) in [5.74, 6) is -0.487. The second kappa shape index (κ2) is 8.64. The Hall–Kier alpha value is -2.93. The average molecular weight is 371 g/mol. The van der Waals surface area contributed by atoms with E-state index in [1.54, 1.807) is 12.1 Å². The summed E-state index contributed by atoms with van der Waals surface area (Å²) in [6, 6.07) is 14.5. The maximum atomic E-state index is 13.1. The number of hydrogen-bond acceptors (Lipinski definition) is 3. The van der Waals surface area contributed by atoms with E-state index < -0.39 is 0 Å². The van der Waals surface area contributed by atoms with E-state index in [9.17, 15) is 19.1 Å². The lowest BCUT2D eigenvalue weighted by atomic mass is 10.2. The van der Waals surface area contributed by atoms with Gasteiger partial charge in [0, 0.05) is 31.7 Å². The van der Waals surface area contributed by atoms with E-state index in [0.29, 0.717) is 18.8 Å². The van der Waals surface area contributed by atoms with Crippen molar-refractivity contribution in [1.29, 1.82) is 0 Å². The first-order chi connectivity index (χ1) is 13.1. The molecule has 0 aromatic heterocycles. The lowest BCUT2D eigenvalue weighted by Gasteiger charge is -2.24. The van der Waals surface area contributed by atoms with Gasteiger partial charge in [-0.25, -0.2) is 9.18 Å². The molecule has 1 atom stereocenters. The minimum absolute atomic E-state index is 0.122. The molecule has 1 aliphatic heterocycles. The van der Waals surface area contributed by atoms with Crippen LogP contribution in [0.25, 0.3) is 0 Å². The second-order valence-corrected chi connectivity index (χ2v) is 6.46. The number of anilines is 1. The van der Waals surface area contributed by atoms with Crippen LogP contribution in [-0.2, 0) is 11.3 Å². The Balaban J connectivity index is 1.62. The van der Waals surface area contributed by atoms with Gasteiger partial charge in [-0.15, -0.1) is 0 Å². The van der Waals surface area contributed by atoms with Crippen molar-refractivity contribution in [3.63, 3.8) is 0 Å². The number of aliphatic hydroxyl groups is 1. The number of urea groups is 1. The number of carbonyl (C=O) groups is 2. The molecule has 142 valence electrons. The van der Waals surface area contributed by atoms with Crippen LogP contribution >= 0.6 is 0 Å². The largest absolute Gasteiger partial charge is 0.395 e. The van der Waals surface area contributed by atoms with Gasteiger partial charge in [0.1, 0.15) is 5.82 Å². The molecule has 0 saturated carbocycles. The molecular weight excluding hydrogens is 349 g/mol. The van der Waals surface area contributed by atoms with Crippen LogP contribution in [-0.4, -0.2) is 47.7 Å². The molecule has 1 aliphatic rings. The van der Waals surface area contributed by atoms with E-state index in [1.165, 1.54) is 21.9 Å². The smallest absolute Gasteiger partial charge is 0.318 e. The highest BCUT2D eigenvalue weighted by Crippen LogP contribution is 2.22. The number of benzene rings is 2. The molecule has 0 bridgehead atoms. The van der Waals surface area contributed by atoms with Crippen molar-refractivity contribution in [3.8, 4) is 0 Å². The van der Waals surface area contributed by atoms with Gasteiger partial charge in [-0.2, -0.15) is 0 Å². The van der Waals surface area contributed by atoms with Crippen molar-refractivity contribution in [1.82, 2.24) is 10.2 Å². The van der Waals surface area contributed by atoms with Crippen molar-refractivity contribution < 1.29 is 19.1 Å². The number of halogens is 1. The van der Waals surface area contributed by atoms with Gasteiger partial charge in [0.15, 0.2) is 0 Å². The van der Waals surface area contributed by atoms with Crippen LogP contribution in [0, 0.1) is 5.82 Å². The Labute approximate surface area is 157 Å². The van der Waals surface area contributed by atoms with Gasteiger partial charge in [-0.3, -0.25) is 4.79 Å². The van der Waals surface area contributed by atoms with Crippen LogP contribution < -0.4 is 10.2 Å². The predicted octanol–water partition coefficient (Wildman–Crippen LogP) is 2.14. The molecule has 0 radical (unpaired) electrons. The molecule has 3 rings (SSSR count). The molecule has 1 fully saturated rings. The van der Waals surface area contributed by atoms with Crippen molar-refractivity contribution in [2.75, 3.05) is 24.6 Å². The summed E-state index contributed by atoms with van der Waals surface area (Å²) in [4.78, 5) is 27.9. The average Bonchev–Trinajstić information content (AvgIpc) is 3.03. The molecule has 0 aliphatic carbocycles. The summed E-state index contributed by atoms with van der Waals surface area (Å²) in [7, 11) is 0. The Bertz CT molecular complexity index is 783. The third-order valence-corrected chi connectivity index (χ3v) is 4.46. The maximum absolute atomic E-state index is 13.1. The fourth-order valence-electron chi connectivity index (χ4n) is 3.12. The number of carbonyl (C=O) groups excluding carboxylic acids is 2. The lowest BCUT2D eigenvalue weighted by molar-refractivity contribution is -0.117. The van der Waals surface area contributed by atoms with E-state index in [-0.39, 0.29) is 43.4 Å². The van der Waals surface area contributed by atoms with Gasteiger partial charge in [0.25, 0.3) is 0 Å². The monoisotopic (exact) mass is 371 g/mol. The quantitative estimate of drug-likeness (QED) is 0.817. The minimum Gasteiger partial charge on any atom is -0.395 e. The Morgan fingerprint density at radius 2 is 1.89 bits per heavy atom. The van der Waals surface area contributed by atoms with Crippen molar-refractivity contribution in [2.45, 2.75) is 19.0 Å². The molecule has 2 N–H and O–H groups in total. The summed E-state index contributed by atoms with van der Waals surface area (Å²) in [6.45, 7) is 0.749. The highest BCUT2D eigenvalue weighted by Gasteiger charge is 2.32. The third kappa shape index (κ3) is 4.83. The molecule has 1 heterocycles. The summed E-state index contributed by atoms with van der Waals surface area (Å²) >= 11 is 0. The molecule has 3 amide bonds. The molecule has 1 unspecified atom stereocenters. The standard InChI is InChI=1S/C20H22FN3O3/c21-16-6-8-18(9-7-16)24-14-17(12-19(24)26)22-20(27)23(10-11-25)13-15-4-2-1-3-5-15/h1-9,17,25H,10-14H2,(H,22,27). The topological polar surface area (TPSA) is 72.9 Å². The molecule has 2 aromatic carbocycles. The zero-order valence-corrected chi connectivity index (χ0v) is 14.8. The normalized spacial score (nSPS) is 16.4. The molecule has 1 saturated heterocycles. The number of amides is 3. The van der Waals surface area contributed by atoms with Crippen molar-refractivity contribution in [2.24, 2.45) is 0 Å². The highest BCUT2D eigenvalue weighted by atomic mass is 19.1. The fraction of sp³-hybridized carbons (Fsp3) is 0.300. The fourth-order valence-corrected chi connectivity index (χ4v) is 3.12. The van der Waals surface area contributed by atoms with E-state index >= 15 is 0 Å². The SMILES string of the molecule is O=C(NC1CC(=O)N(c2ccc(F)cc2)C1)N(CCO)Cc1ccccc1. The van der Waals surface area contributed by atoms with Crippen molar-refractivity contribution in [3.05, 3.63) is 66.0 Å². The summed E-state index contributed by atoms with van der Waals surface area (Å²) in [5, 5.41) is 12.1. The number of nitrogens with zero attached hydrogens (tertiary/aromatic N) is 2. The highest BCUT2D eigenvalue weighted by molar-refractivity contribution is 5.96. The zero-order chi connectivity index (χ0) is 19.2. The van der Waals surface area contributed by atoms with Crippen LogP contribution in [0.1, 0.15) is 12.0 Å². The Morgan fingerprint density at radius 3 is 2.56 bits per heavy atom. The number of rotatable bonds is 6. The van der Waals surface area contributed by atoms with E-state index in [1.807, 2.05) is 30.3 Å². The first-order valence-corrected chi connectivity index (χ1v) is 8.83. The van der Waals surface area contributed by atoms with Gasteiger partial charge in [-0.1, -0.05) is 30.3 Å². The molecular formula is C20H22FN3O3. The zero-order valence-electron chi connectivity index (χ0n) is 14.8. The van der Waals surface area contributed by atoms with Gasteiger partial charge in [0.05, 0.1) is 12.6 Å². The van der Waals surface area contributed by atoms with Crippen LogP contribution in [0.5, 0.6) is 0 Å². The van der Waals surface area contributed by atoms with Crippen LogP contribution in [0.2, 0.25) is 0 Å². The number of hydrogen-bond donors (Lipinski definition) is 2. The van der Waals surface area contributed by atoms with E-state index in [4.69, 9.17) is 0 Å². The van der Waals surface area contributed by atoms with Gasteiger partial charge in [-0.05, 0) is 29.8 Å². The predicted molar refractivity (Wildman–Crippen MR) is 99.6 cm³/mol. The minimum atomic E-state index is -0.365. The van der Waals surface area contributed by atoms with Crippen LogP contribution in [0.15, 0.2) is 54.6 Å². The number of nitrogens with one attached hydrogen (secondary N) is 1. The molecule has 7 heteroatoms. The van der Waals surface area contributed by atoms with Gasteiger partial charge in [0.2, 0.25) is 5.91 Å². The Kier molecular flexibility index (Phi) is 6.03. The number of aliphatic hydroxyl groups excluding tert-OH is 1. The van der Waals surface area contributed by atoms with Gasteiger partial charge >= 0.3 is 6.03 Å². The van der Waals surface area contributed by atoms with E-state index in [2.05, 4.69) is 5.32 Å². The molecule has 2 aromatic rings. The van der Waals surface area contributed by atoms with Crippen LogP contribution in [0.4, 0.5) is 14.9 Å². The first-order valence-electron chi connectivity index (χ1n) is 8.83. The molecule has 0 spiro atoms. The van der Waals surface area contributed by atoms with E-state index in [0.717, 1.165) is 5.56 Å². The first kappa shape index (κ1) is 18.8. The third-order valence-electron chi connectivity index (χ3n) is 4.46. The second-order valence-electron chi connectivity index (χ2n) is 6.46. The summed E-state index contributed by atoms with van der Waals surface area (Å²) < 4.78 is 13.1. The summed E-state index contributed by atoms with van der Waals surface area (Å²) in [6.07, 6.45) is 0.182. The Morgan fingerprint density at radius 1 is 1.19 bits per heavy atom. The van der Waals surface area contributed by atoms with Crippen LogP contribution in [0.3, 0.4) is 0 Å². The van der Waals surface area contributed by atoms with Gasteiger partial charge < -0.3 is 20.2 Å². The maximum Gasteiger partial charge on any atom is 0.318 e. The summed E-state index contributed by atoms with van der Waals surface area (Å²) in [5.41, 5.74) is 1.56.